The average Bonchev–Trinajstić information content (AvgIpc) is 2.68. The summed E-state index contributed by atoms with van der Waals surface area (Å²) >= 11 is 0. The number of carbonyl (C=O) groups excluding carboxylic acids is 1. The Balaban J connectivity index is 1.84. The van der Waals surface area contributed by atoms with Gasteiger partial charge in [0.25, 0.3) is 0 Å². The summed E-state index contributed by atoms with van der Waals surface area (Å²) in [6.07, 6.45) is 0. The van der Waals surface area contributed by atoms with Crippen molar-refractivity contribution in [3.05, 3.63) is 99.4 Å². The van der Waals surface area contributed by atoms with Crippen LogP contribution in [-0.2, 0) is 0 Å². The van der Waals surface area contributed by atoms with Crippen molar-refractivity contribution >= 4 is 11.5 Å². The lowest BCUT2D eigenvalue weighted by atomic mass is 10.0. The monoisotopic (exact) mass is 362 g/mol. The second kappa shape index (κ2) is 7.45. The van der Waals surface area contributed by atoms with Crippen molar-refractivity contribution in [2.75, 3.05) is 0 Å². The number of ether oxygens (including phenoxy) is 1. The third kappa shape index (κ3) is 3.96. The molecule has 0 unspecified atom stereocenters. The first kappa shape index (κ1) is 17.8. The van der Waals surface area contributed by atoms with Crippen LogP contribution in [-0.4, -0.2) is 10.7 Å². The largest absolute Gasteiger partial charge is 0.450 e. The van der Waals surface area contributed by atoms with E-state index in [1.54, 1.807) is 0 Å². The first-order valence-corrected chi connectivity index (χ1v) is 7.74. The Morgan fingerprint density at radius 2 is 1.59 bits per heavy atom. The Kier molecular flexibility index (Phi) is 4.90. The molecule has 0 saturated heterocycles. The summed E-state index contributed by atoms with van der Waals surface area (Å²) in [4.78, 5) is 22.9. The van der Waals surface area contributed by atoms with Crippen LogP contribution in [0.2, 0.25) is 0 Å². The Morgan fingerprint density at radius 3 is 2.15 bits per heavy atom. The SMILES string of the molecule is N#Cc1ccc([N+](=O)[O-])c(Oc2ccc(C(=O)c3ccc(F)cc3)cc2)c1. The molecule has 3 aromatic rings. The molecule has 0 aromatic heterocycles. The topological polar surface area (TPSA) is 93.2 Å². The molecular weight excluding hydrogens is 351 g/mol. The highest BCUT2D eigenvalue weighted by Gasteiger charge is 2.17. The summed E-state index contributed by atoms with van der Waals surface area (Å²) in [6, 6.07) is 16.8. The fourth-order valence-corrected chi connectivity index (χ4v) is 2.39. The second-order valence-corrected chi connectivity index (χ2v) is 5.51. The molecule has 0 spiro atoms. The number of nitro groups is 1. The van der Waals surface area contributed by atoms with E-state index < -0.39 is 10.7 Å². The normalized spacial score (nSPS) is 10.1. The summed E-state index contributed by atoms with van der Waals surface area (Å²) in [5.41, 5.74) is 0.635. The van der Waals surface area contributed by atoms with Crippen molar-refractivity contribution in [1.29, 1.82) is 5.26 Å². The number of nitriles is 1. The fraction of sp³-hybridized carbons (Fsp3) is 0. The highest BCUT2D eigenvalue weighted by molar-refractivity contribution is 6.09. The van der Waals surface area contributed by atoms with E-state index in [0.29, 0.717) is 11.1 Å². The molecule has 0 aliphatic heterocycles. The van der Waals surface area contributed by atoms with Gasteiger partial charge in [-0.15, -0.1) is 0 Å². The molecule has 0 aliphatic rings. The summed E-state index contributed by atoms with van der Waals surface area (Å²) < 4.78 is 18.5. The second-order valence-electron chi connectivity index (χ2n) is 5.51. The number of carbonyl (C=O) groups is 1. The van der Waals surface area contributed by atoms with Gasteiger partial charge in [0.05, 0.1) is 16.6 Å². The Bertz CT molecular complexity index is 1050. The van der Waals surface area contributed by atoms with Gasteiger partial charge in [0.2, 0.25) is 5.75 Å². The van der Waals surface area contributed by atoms with E-state index in [9.17, 15) is 19.3 Å². The molecule has 27 heavy (non-hydrogen) atoms. The molecule has 0 N–H and O–H groups in total. The van der Waals surface area contributed by atoms with Crippen molar-refractivity contribution in [2.24, 2.45) is 0 Å². The van der Waals surface area contributed by atoms with Crippen LogP contribution in [0.3, 0.4) is 0 Å². The van der Waals surface area contributed by atoms with Crippen molar-refractivity contribution in [3.8, 4) is 17.6 Å². The first-order valence-electron chi connectivity index (χ1n) is 7.74. The summed E-state index contributed by atoms with van der Waals surface area (Å²) in [5, 5.41) is 20.1. The lowest BCUT2D eigenvalue weighted by Crippen LogP contribution is -2.01. The molecule has 0 atom stereocenters. The van der Waals surface area contributed by atoms with Gasteiger partial charge in [0.1, 0.15) is 11.6 Å². The van der Waals surface area contributed by atoms with Crippen LogP contribution in [0.15, 0.2) is 66.7 Å². The van der Waals surface area contributed by atoms with E-state index in [0.717, 1.165) is 0 Å². The quantitative estimate of drug-likeness (QED) is 0.375. The Labute approximate surface area is 153 Å². The standard InChI is InChI=1S/C20H11FN2O4/c21-16-6-2-14(3-7-16)20(24)15-4-8-17(9-5-15)27-19-11-13(12-22)1-10-18(19)23(25)26/h1-11H. The minimum Gasteiger partial charge on any atom is -0.450 e. The zero-order chi connectivity index (χ0) is 19.4. The number of hydrogen-bond acceptors (Lipinski definition) is 5. The smallest absolute Gasteiger partial charge is 0.311 e. The maximum Gasteiger partial charge on any atom is 0.311 e. The number of nitrogens with zero attached hydrogens (tertiary/aromatic N) is 2. The van der Waals surface area contributed by atoms with Gasteiger partial charge in [-0.05, 0) is 54.6 Å². The molecule has 0 amide bonds. The van der Waals surface area contributed by atoms with E-state index in [1.807, 2.05) is 6.07 Å². The van der Waals surface area contributed by atoms with Gasteiger partial charge < -0.3 is 4.74 Å². The maximum atomic E-state index is 13.0. The van der Waals surface area contributed by atoms with Gasteiger partial charge >= 0.3 is 5.69 Å². The van der Waals surface area contributed by atoms with Gasteiger partial charge in [0, 0.05) is 23.3 Å². The number of ketones is 1. The van der Waals surface area contributed by atoms with Crippen LogP contribution >= 0.6 is 0 Å². The molecule has 6 nitrogen and oxygen atoms in total. The van der Waals surface area contributed by atoms with Crippen molar-refractivity contribution in [2.45, 2.75) is 0 Å². The van der Waals surface area contributed by atoms with E-state index in [2.05, 4.69) is 0 Å². The number of nitro benzene ring substituents is 1. The predicted molar refractivity (Wildman–Crippen MR) is 94.2 cm³/mol. The summed E-state index contributed by atoms with van der Waals surface area (Å²) in [7, 11) is 0. The molecule has 0 fully saturated rings. The summed E-state index contributed by atoms with van der Waals surface area (Å²) in [6.45, 7) is 0. The molecule has 0 aliphatic carbocycles. The lowest BCUT2D eigenvalue weighted by Gasteiger charge is -2.08. The van der Waals surface area contributed by atoms with Crippen molar-refractivity contribution < 1.29 is 18.8 Å². The van der Waals surface area contributed by atoms with Crippen LogP contribution in [0.1, 0.15) is 21.5 Å². The van der Waals surface area contributed by atoms with Gasteiger partial charge in [-0.25, -0.2) is 4.39 Å². The molecular formula is C20H11FN2O4. The molecule has 0 radical (unpaired) electrons. The Hall–Kier alpha value is -4.05. The number of benzene rings is 3. The molecule has 0 heterocycles. The lowest BCUT2D eigenvalue weighted by molar-refractivity contribution is -0.385. The van der Waals surface area contributed by atoms with E-state index >= 15 is 0 Å². The van der Waals surface area contributed by atoms with Crippen LogP contribution in [0.4, 0.5) is 10.1 Å². The highest BCUT2D eigenvalue weighted by atomic mass is 19.1. The number of hydrogen-bond donors (Lipinski definition) is 0. The summed E-state index contributed by atoms with van der Waals surface area (Å²) in [5.74, 6) is -0.531. The minimum atomic E-state index is -0.608. The van der Waals surface area contributed by atoms with E-state index in [-0.39, 0.29) is 28.5 Å². The van der Waals surface area contributed by atoms with Crippen LogP contribution in [0, 0.1) is 27.3 Å². The predicted octanol–water partition coefficient (Wildman–Crippen LogP) is 4.63. The van der Waals surface area contributed by atoms with Crippen LogP contribution in [0.5, 0.6) is 11.5 Å². The third-order valence-corrected chi connectivity index (χ3v) is 3.74. The first-order chi connectivity index (χ1) is 13.0. The zero-order valence-electron chi connectivity index (χ0n) is 13.8. The molecule has 3 rings (SSSR count). The van der Waals surface area contributed by atoms with Gasteiger partial charge in [-0.3, -0.25) is 14.9 Å². The molecule has 0 bridgehead atoms. The van der Waals surface area contributed by atoms with E-state index in [1.165, 1.54) is 66.7 Å². The van der Waals surface area contributed by atoms with Gasteiger partial charge in [-0.2, -0.15) is 5.26 Å². The van der Waals surface area contributed by atoms with Crippen molar-refractivity contribution in [3.63, 3.8) is 0 Å². The molecule has 3 aromatic carbocycles. The maximum absolute atomic E-state index is 13.0. The Morgan fingerprint density at radius 1 is 1.00 bits per heavy atom. The number of halogens is 1. The zero-order valence-corrected chi connectivity index (χ0v) is 13.8. The minimum absolute atomic E-state index is 0.0725. The van der Waals surface area contributed by atoms with Gasteiger partial charge in [-0.1, -0.05) is 0 Å². The van der Waals surface area contributed by atoms with Crippen molar-refractivity contribution in [1.82, 2.24) is 0 Å². The molecule has 7 heteroatoms. The van der Waals surface area contributed by atoms with Crippen LogP contribution in [0.25, 0.3) is 0 Å². The number of rotatable bonds is 5. The van der Waals surface area contributed by atoms with Gasteiger partial charge in [0.15, 0.2) is 5.78 Å². The highest BCUT2D eigenvalue weighted by Crippen LogP contribution is 2.32. The van der Waals surface area contributed by atoms with Crippen LogP contribution < -0.4 is 4.74 Å². The van der Waals surface area contributed by atoms with E-state index in [4.69, 9.17) is 10.00 Å². The third-order valence-electron chi connectivity index (χ3n) is 3.74. The molecule has 132 valence electrons. The fourth-order valence-electron chi connectivity index (χ4n) is 2.39. The molecule has 0 saturated carbocycles. The average molecular weight is 362 g/mol.